The topological polar surface area (TPSA) is 95.7 Å². The first-order chi connectivity index (χ1) is 11.3. The van der Waals surface area contributed by atoms with Gasteiger partial charge in [0, 0.05) is 0 Å². The molecule has 0 aliphatic heterocycles. The minimum atomic E-state index is -1.23. The lowest BCUT2D eigenvalue weighted by Crippen LogP contribution is -2.18. The van der Waals surface area contributed by atoms with E-state index in [2.05, 4.69) is 0 Å². The van der Waals surface area contributed by atoms with Crippen LogP contribution >= 0.6 is 23.2 Å². The number of hydrogen-bond acceptors (Lipinski definition) is 6. The summed E-state index contributed by atoms with van der Waals surface area (Å²) in [6.45, 7) is 3.22. The van der Waals surface area contributed by atoms with E-state index >= 15 is 0 Å². The molecule has 0 radical (unpaired) electrons. The molecule has 0 saturated carbocycles. The number of ether oxygens (including phenoxy) is 2. The molecule has 0 atom stereocenters. The second kappa shape index (κ2) is 8.60. The Labute approximate surface area is 146 Å². The number of benzene rings is 1. The molecule has 24 heavy (non-hydrogen) atoms. The van der Waals surface area contributed by atoms with Crippen LogP contribution in [0.1, 0.15) is 24.2 Å². The summed E-state index contributed by atoms with van der Waals surface area (Å²) in [5.74, 6) is -3.36. The van der Waals surface area contributed by atoms with Crippen molar-refractivity contribution in [3.8, 4) is 0 Å². The van der Waals surface area contributed by atoms with Crippen LogP contribution in [0.2, 0.25) is 10.0 Å². The summed E-state index contributed by atoms with van der Waals surface area (Å²) in [6, 6.07) is 0.610. The predicted molar refractivity (Wildman–Crippen MR) is 83.7 cm³/mol. The standard InChI is InChI=1S/C14H12Cl2FNO6/c1-3-23-6-8(14(20)24-4-2)13(19)7-5-9(17)11(16)12(10(7)15)18(21)22/h5-6H,3-4H2,1-2H3. The summed E-state index contributed by atoms with van der Waals surface area (Å²) in [6.07, 6.45) is 0.828. The van der Waals surface area contributed by atoms with Gasteiger partial charge in [-0.3, -0.25) is 14.9 Å². The first-order valence-corrected chi connectivity index (χ1v) is 7.37. The van der Waals surface area contributed by atoms with Crippen LogP contribution in [0.15, 0.2) is 17.9 Å². The van der Waals surface area contributed by atoms with Crippen LogP contribution in [-0.2, 0) is 14.3 Å². The number of Topliss-reactive ketones (excluding diaryl/α,β-unsaturated/α-hetero) is 1. The fourth-order valence-corrected chi connectivity index (χ4v) is 2.20. The van der Waals surface area contributed by atoms with Crippen LogP contribution in [0.5, 0.6) is 0 Å². The first-order valence-electron chi connectivity index (χ1n) is 6.61. The normalized spacial score (nSPS) is 11.1. The van der Waals surface area contributed by atoms with Crippen molar-refractivity contribution in [3.05, 3.63) is 49.4 Å². The molecule has 0 saturated heterocycles. The Hall–Kier alpha value is -2.19. The molecular weight excluding hydrogens is 368 g/mol. The van der Waals surface area contributed by atoms with Gasteiger partial charge in [0.1, 0.15) is 22.7 Å². The summed E-state index contributed by atoms with van der Waals surface area (Å²) in [5.41, 5.74) is -2.16. The highest BCUT2D eigenvalue weighted by Crippen LogP contribution is 2.38. The molecule has 0 aliphatic carbocycles. The lowest BCUT2D eigenvalue weighted by atomic mass is 10.0. The number of carbonyl (C=O) groups is 2. The molecule has 1 aromatic carbocycles. The summed E-state index contributed by atoms with van der Waals surface area (Å²) >= 11 is 11.3. The number of esters is 1. The van der Waals surface area contributed by atoms with Gasteiger partial charge in [0.05, 0.1) is 23.7 Å². The number of nitro benzene ring substituents is 1. The smallest absolute Gasteiger partial charge is 0.345 e. The molecule has 0 fully saturated rings. The van der Waals surface area contributed by atoms with E-state index in [1.165, 1.54) is 6.92 Å². The van der Waals surface area contributed by atoms with Gasteiger partial charge in [-0.2, -0.15) is 0 Å². The van der Waals surface area contributed by atoms with Crippen molar-refractivity contribution in [1.29, 1.82) is 0 Å². The Morgan fingerprint density at radius 1 is 1.29 bits per heavy atom. The van der Waals surface area contributed by atoms with E-state index in [4.69, 9.17) is 32.7 Å². The molecule has 1 rings (SSSR count). The van der Waals surface area contributed by atoms with Crippen molar-refractivity contribution in [2.24, 2.45) is 0 Å². The minimum Gasteiger partial charge on any atom is -0.500 e. The van der Waals surface area contributed by atoms with Gasteiger partial charge in [-0.1, -0.05) is 23.2 Å². The van der Waals surface area contributed by atoms with Crippen molar-refractivity contribution in [1.82, 2.24) is 0 Å². The number of halogens is 3. The molecule has 0 bridgehead atoms. The lowest BCUT2D eigenvalue weighted by Gasteiger charge is -2.09. The Balaban J connectivity index is 3.49. The molecule has 0 aromatic heterocycles. The van der Waals surface area contributed by atoms with Gasteiger partial charge in [0.2, 0.25) is 5.78 Å². The summed E-state index contributed by atoms with van der Waals surface area (Å²) < 4.78 is 23.4. The van der Waals surface area contributed by atoms with Crippen LogP contribution < -0.4 is 0 Å². The highest BCUT2D eigenvalue weighted by atomic mass is 35.5. The number of nitro groups is 1. The molecule has 0 unspecified atom stereocenters. The maximum atomic E-state index is 13.8. The summed E-state index contributed by atoms with van der Waals surface area (Å²) in [4.78, 5) is 34.3. The van der Waals surface area contributed by atoms with E-state index in [1.54, 1.807) is 6.92 Å². The van der Waals surface area contributed by atoms with E-state index in [9.17, 15) is 24.1 Å². The van der Waals surface area contributed by atoms with E-state index in [0.29, 0.717) is 6.07 Å². The monoisotopic (exact) mass is 379 g/mol. The third kappa shape index (κ3) is 4.21. The van der Waals surface area contributed by atoms with Crippen molar-refractivity contribution in [2.75, 3.05) is 13.2 Å². The maximum Gasteiger partial charge on any atom is 0.345 e. The van der Waals surface area contributed by atoms with E-state index in [0.717, 1.165) is 6.26 Å². The molecule has 130 valence electrons. The number of carbonyl (C=O) groups excluding carboxylic acids is 2. The third-order valence-electron chi connectivity index (χ3n) is 2.67. The van der Waals surface area contributed by atoms with Crippen LogP contribution in [0, 0.1) is 15.9 Å². The molecule has 0 N–H and O–H groups in total. The van der Waals surface area contributed by atoms with Gasteiger partial charge in [-0.15, -0.1) is 0 Å². The van der Waals surface area contributed by atoms with E-state index in [-0.39, 0.29) is 13.2 Å². The summed E-state index contributed by atoms with van der Waals surface area (Å²) in [5, 5.41) is 9.44. The van der Waals surface area contributed by atoms with Crippen LogP contribution in [0.4, 0.5) is 10.1 Å². The van der Waals surface area contributed by atoms with Gasteiger partial charge in [0.25, 0.3) is 0 Å². The number of ketones is 1. The van der Waals surface area contributed by atoms with E-state index in [1.807, 2.05) is 0 Å². The molecule has 0 amide bonds. The van der Waals surface area contributed by atoms with Crippen molar-refractivity contribution >= 4 is 40.6 Å². The van der Waals surface area contributed by atoms with Gasteiger partial charge in [0.15, 0.2) is 5.02 Å². The lowest BCUT2D eigenvalue weighted by molar-refractivity contribution is -0.384. The zero-order valence-electron chi connectivity index (χ0n) is 12.6. The number of hydrogen-bond donors (Lipinski definition) is 0. The van der Waals surface area contributed by atoms with Crippen molar-refractivity contribution < 1.29 is 28.4 Å². The highest BCUT2D eigenvalue weighted by Gasteiger charge is 2.31. The molecule has 0 aliphatic rings. The van der Waals surface area contributed by atoms with Crippen molar-refractivity contribution in [2.45, 2.75) is 13.8 Å². The van der Waals surface area contributed by atoms with Gasteiger partial charge in [-0.05, 0) is 19.9 Å². The molecule has 0 heterocycles. The number of nitrogens with zero attached hydrogens (tertiary/aromatic N) is 1. The Morgan fingerprint density at radius 2 is 1.92 bits per heavy atom. The molecule has 10 heteroatoms. The van der Waals surface area contributed by atoms with Crippen molar-refractivity contribution in [3.63, 3.8) is 0 Å². The van der Waals surface area contributed by atoms with Crippen LogP contribution in [0.25, 0.3) is 0 Å². The zero-order valence-corrected chi connectivity index (χ0v) is 14.1. The Morgan fingerprint density at radius 3 is 2.42 bits per heavy atom. The summed E-state index contributed by atoms with van der Waals surface area (Å²) in [7, 11) is 0. The third-order valence-corrected chi connectivity index (χ3v) is 3.41. The van der Waals surface area contributed by atoms with Gasteiger partial charge in [-0.25, -0.2) is 9.18 Å². The highest BCUT2D eigenvalue weighted by molar-refractivity contribution is 6.42. The zero-order chi connectivity index (χ0) is 18.4. The SMILES string of the molecule is CCOC=C(C(=O)OCC)C(=O)c1cc(F)c(Cl)c([N+](=O)[O-])c1Cl. The fraction of sp³-hybridized carbons (Fsp3) is 0.286. The second-order valence-corrected chi connectivity index (χ2v) is 4.93. The predicted octanol–water partition coefficient (Wildman–Crippen LogP) is 3.71. The second-order valence-electron chi connectivity index (χ2n) is 4.18. The van der Waals surface area contributed by atoms with Crippen LogP contribution in [-0.4, -0.2) is 29.9 Å². The molecule has 0 spiro atoms. The molecular formula is C14H12Cl2FNO6. The maximum absolute atomic E-state index is 13.8. The Kier molecular flexibility index (Phi) is 7.12. The van der Waals surface area contributed by atoms with Gasteiger partial charge < -0.3 is 9.47 Å². The largest absolute Gasteiger partial charge is 0.500 e. The average Bonchev–Trinajstić information content (AvgIpc) is 2.51. The van der Waals surface area contributed by atoms with E-state index < -0.39 is 49.4 Å². The average molecular weight is 380 g/mol. The first kappa shape index (κ1) is 19.9. The molecule has 1 aromatic rings. The minimum absolute atomic E-state index is 0.0293. The van der Waals surface area contributed by atoms with Gasteiger partial charge >= 0.3 is 11.7 Å². The molecule has 7 nitrogen and oxygen atoms in total. The fourth-order valence-electron chi connectivity index (χ4n) is 1.63. The Bertz CT molecular complexity index is 720. The van der Waals surface area contributed by atoms with Crippen LogP contribution in [0.3, 0.4) is 0 Å². The quantitative estimate of drug-likeness (QED) is 0.0824. The number of rotatable bonds is 7.